The molecule has 0 atom stereocenters. The highest BCUT2D eigenvalue weighted by atomic mass is 32.1. The quantitative estimate of drug-likeness (QED) is 0.491. The lowest BCUT2D eigenvalue weighted by Crippen LogP contribution is -1.81. The fraction of sp³-hybridized carbons (Fsp3) is 0.733. The zero-order valence-corrected chi connectivity index (χ0v) is 11.7. The Morgan fingerprint density at radius 1 is 0.750 bits per heavy atom. The summed E-state index contributed by atoms with van der Waals surface area (Å²) in [4.78, 5) is 3.20. The summed E-state index contributed by atoms with van der Waals surface area (Å²) < 4.78 is 0. The van der Waals surface area contributed by atoms with Crippen LogP contribution in [0.1, 0.15) is 68.5 Å². The number of hydrogen-bond donors (Lipinski definition) is 0. The van der Waals surface area contributed by atoms with Crippen molar-refractivity contribution < 1.29 is 0 Å². The maximum Gasteiger partial charge on any atom is 0.00481 e. The van der Waals surface area contributed by atoms with E-state index in [0.717, 1.165) is 0 Å². The Hall–Kier alpha value is -0.300. The minimum absolute atomic E-state index is 1.30. The molecule has 0 saturated heterocycles. The minimum Gasteiger partial charge on any atom is -0.145 e. The summed E-state index contributed by atoms with van der Waals surface area (Å²) >= 11 is 2.04. The van der Waals surface area contributed by atoms with Gasteiger partial charge in [0.25, 0.3) is 0 Å². The first-order valence-corrected chi connectivity index (χ1v) is 7.76. The summed E-state index contributed by atoms with van der Waals surface area (Å²) in [6.07, 6.45) is 12.2. The lowest BCUT2D eigenvalue weighted by Gasteiger charge is -1.97. The molecule has 0 N–H and O–H groups in total. The molecule has 1 rings (SSSR count). The first kappa shape index (κ1) is 13.8. The average molecular weight is 238 g/mol. The summed E-state index contributed by atoms with van der Waals surface area (Å²) in [5.74, 6) is 0. The van der Waals surface area contributed by atoms with Gasteiger partial charge in [-0.3, -0.25) is 0 Å². The van der Waals surface area contributed by atoms with E-state index >= 15 is 0 Å². The molecule has 0 amide bonds. The van der Waals surface area contributed by atoms with Crippen LogP contribution in [0.25, 0.3) is 0 Å². The molecule has 1 aromatic heterocycles. The molecule has 0 saturated carbocycles. The standard InChI is InChI=1S/C15H26S/c1-3-5-7-9-11-15-13-12-14(16-15)10-8-6-4-2/h12-13H,3-11H2,1-2H3. The Bertz CT molecular complexity index is 262. The molecule has 0 nitrogen and oxygen atoms in total. The third kappa shape index (κ3) is 5.69. The van der Waals surface area contributed by atoms with Crippen LogP contribution in [0.4, 0.5) is 0 Å². The molecule has 0 aliphatic heterocycles. The van der Waals surface area contributed by atoms with Crippen molar-refractivity contribution in [2.24, 2.45) is 0 Å². The molecule has 0 spiro atoms. The lowest BCUT2D eigenvalue weighted by molar-refractivity contribution is 0.670. The minimum atomic E-state index is 1.30. The van der Waals surface area contributed by atoms with Gasteiger partial charge < -0.3 is 0 Å². The van der Waals surface area contributed by atoms with Crippen LogP contribution in [0, 0.1) is 0 Å². The number of unbranched alkanes of at least 4 members (excludes halogenated alkanes) is 5. The second kappa shape index (κ2) is 8.81. The molecule has 16 heavy (non-hydrogen) atoms. The maximum absolute atomic E-state index is 2.35. The molecule has 0 aliphatic rings. The molecule has 0 fully saturated rings. The SMILES string of the molecule is CCCCCCc1ccc(CCCCC)s1. The highest BCUT2D eigenvalue weighted by molar-refractivity contribution is 7.11. The third-order valence-electron chi connectivity index (χ3n) is 3.02. The normalized spacial score (nSPS) is 10.9. The number of hydrogen-bond acceptors (Lipinski definition) is 1. The molecule has 1 aromatic rings. The molecule has 1 heterocycles. The van der Waals surface area contributed by atoms with Gasteiger partial charge in [0, 0.05) is 9.75 Å². The fourth-order valence-corrected chi connectivity index (χ4v) is 3.07. The molecular weight excluding hydrogens is 212 g/mol. The molecule has 0 aliphatic carbocycles. The van der Waals surface area contributed by atoms with Crippen LogP contribution < -0.4 is 0 Å². The topological polar surface area (TPSA) is 0 Å². The van der Waals surface area contributed by atoms with Crippen LogP contribution in [0.2, 0.25) is 0 Å². The van der Waals surface area contributed by atoms with Crippen LogP contribution in [0.3, 0.4) is 0 Å². The predicted octanol–water partition coefficient (Wildman–Crippen LogP) is 5.60. The van der Waals surface area contributed by atoms with E-state index in [1.807, 2.05) is 11.3 Å². The largest absolute Gasteiger partial charge is 0.145 e. The molecule has 0 unspecified atom stereocenters. The van der Waals surface area contributed by atoms with E-state index in [4.69, 9.17) is 0 Å². The van der Waals surface area contributed by atoms with E-state index < -0.39 is 0 Å². The van der Waals surface area contributed by atoms with Gasteiger partial charge >= 0.3 is 0 Å². The average Bonchev–Trinajstić information content (AvgIpc) is 2.73. The maximum atomic E-state index is 2.35. The zero-order valence-electron chi connectivity index (χ0n) is 10.9. The van der Waals surface area contributed by atoms with Crippen molar-refractivity contribution in [3.8, 4) is 0 Å². The summed E-state index contributed by atoms with van der Waals surface area (Å²) in [5.41, 5.74) is 0. The number of rotatable bonds is 9. The summed E-state index contributed by atoms with van der Waals surface area (Å²) in [7, 11) is 0. The van der Waals surface area contributed by atoms with Gasteiger partial charge in [0.15, 0.2) is 0 Å². The number of thiophene rings is 1. The van der Waals surface area contributed by atoms with Crippen molar-refractivity contribution in [2.75, 3.05) is 0 Å². The van der Waals surface area contributed by atoms with Gasteiger partial charge in [-0.2, -0.15) is 0 Å². The van der Waals surface area contributed by atoms with Gasteiger partial charge in [-0.15, -0.1) is 11.3 Å². The molecular formula is C15H26S. The Kier molecular flexibility index (Phi) is 7.58. The van der Waals surface area contributed by atoms with E-state index in [9.17, 15) is 0 Å². The van der Waals surface area contributed by atoms with E-state index in [2.05, 4.69) is 26.0 Å². The molecule has 0 aromatic carbocycles. The first-order chi connectivity index (χ1) is 7.86. The van der Waals surface area contributed by atoms with Crippen LogP contribution in [0.15, 0.2) is 12.1 Å². The van der Waals surface area contributed by atoms with Crippen molar-refractivity contribution in [3.63, 3.8) is 0 Å². The Morgan fingerprint density at radius 2 is 1.25 bits per heavy atom. The van der Waals surface area contributed by atoms with Crippen LogP contribution >= 0.6 is 11.3 Å². The smallest absolute Gasteiger partial charge is 0.00481 e. The van der Waals surface area contributed by atoms with Crippen LogP contribution in [0.5, 0.6) is 0 Å². The molecule has 1 heteroatoms. The van der Waals surface area contributed by atoms with Gasteiger partial charge in [0.05, 0.1) is 0 Å². The van der Waals surface area contributed by atoms with Gasteiger partial charge in [-0.05, 0) is 37.8 Å². The monoisotopic (exact) mass is 238 g/mol. The van der Waals surface area contributed by atoms with Crippen molar-refractivity contribution in [2.45, 2.75) is 71.6 Å². The fourth-order valence-electron chi connectivity index (χ4n) is 1.97. The molecule has 0 radical (unpaired) electrons. The van der Waals surface area contributed by atoms with Gasteiger partial charge in [-0.25, -0.2) is 0 Å². The van der Waals surface area contributed by atoms with Crippen LogP contribution in [-0.4, -0.2) is 0 Å². The summed E-state index contributed by atoms with van der Waals surface area (Å²) in [5, 5.41) is 0. The molecule has 0 bridgehead atoms. The van der Waals surface area contributed by atoms with E-state index in [0.29, 0.717) is 0 Å². The van der Waals surface area contributed by atoms with E-state index in [1.54, 1.807) is 9.75 Å². The van der Waals surface area contributed by atoms with E-state index in [-0.39, 0.29) is 0 Å². The van der Waals surface area contributed by atoms with Crippen LogP contribution in [-0.2, 0) is 12.8 Å². The summed E-state index contributed by atoms with van der Waals surface area (Å²) in [6, 6.07) is 4.69. The van der Waals surface area contributed by atoms with Crippen molar-refractivity contribution in [1.82, 2.24) is 0 Å². The second-order valence-electron chi connectivity index (χ2n) is 4.64. The zero-order chi connectivity index (χ0) is 11.6. The van der Waals surface area contributed by atoms with Crippen molar-refractivity contribution >= 4 is 11.3 Å². The second-order valence-corrected chi connectivity index (χ2v) is 5.89. The predicted molar refractivity (Wildman–Crippen MR) is 75.4 cm³/mol. The highest BCUT2D eigenvalue weighted by Gasteiger charge is 2.00. The Balaban J connectivity index is 2.17. The lowest BCUT2D eigenvalue weighted by atomic mass is 10.1. The van der Waals surface area contributed by atoms with E-state index in [1.165, 1.54) is 57.8 Å². The summed E-state index contributed by atoms with van der Waals surface area (Å²) in [6.45, 7) is 4.55. The van der Waals surface area contributed by atoms with Crippen molar-refractivity contribution in [3.05, 3.63) is 21.9 Å². The van der Waals surface area contributed by atoms with Gasteiger partial charge in [-0.1, -0.05) is 46.0 Å². The Labute approximate surface area is 105 Å². The molecule has 92 valence electrons. The highest BCUT2D eigenvalue weighted by Crippen LogP contribution is 2.21. The Morgan fingerprint density at radius 3 is 1.81 bits per heavy atom. The first-order valence-electron chi connectivity index (χ1n) is 6.94. The van der Waals surface area contributed by atoms with Crippen molar-refractivity contribution in [1.29, 1.82) is 0 Å². The van der Waals surface area contributed by atoms with Gasteiger partial charge in [0.1, 0.15) is 0 Å². The third-order valence-corrected chi connectivity index (χ3v) is 4.23. The van der Waals surface area contributed by atoms with Gasteiger partial charge in [0.2, 0.25) is 0 Å². The number of aryl methyl sites for hydroxylation is 2.